The number of nitrogens with one attached hydrogen (secondary N) is 2. The molecule has 0 spiro atoms. The molecule has 0 fully saturated rings. The maximum Gasteiger partial charge on any atom is 3.00 e. The summed E-state index contributed by atoms with van der Waals surface area (Å²) in [7, 11) is 0. The predicted octanol–water partition coefficient (Wildman–Crippen LogP) is 0.315. The first-order valence-corrected chi connectivity index (χ1v) is 5.05. The van der Waals surface area contributed by atoms with E-state index in [1.165, 1.54) is 11.1 Å². The van der Waals surface area contributed by atoms with Gasteiger partial charge in [0.25, 0.3) is 5.91 Å². The van der Waals surface area contributed by atoms with Gasteiger partial charge in [0.05, 0.1) is 12.5 Å². The molecule has 88 valence electrons. The molecule has 1 rings (SSSR count). The SMILES string of the molecule is CCNC1N=C(C)C=CN(CC([NH-])=O)C1=O.[Y+3]. The van der Waals surface area contributed by atoms with Gasteiger partial charge in [-0.1, -0.05) is 6.92 Å². The van der Waals surface area contributed by atoms with Gasteiger partial charge in [-0.3, -0.25) is 15.1 Å². The average molecular weight is 312 g/mol. The fourth-order valence-electron chi connectivity index (χ4n) is 1.34. The Morgan fingerprint density at radius 3 is 2.82 bits per heavy atom. The minimum Gasteiger partial charge on any atom is -0.666 e. The van der Waals surface area contributed by atoms with Crippen LogP contribution < -0.4 is 5.32 Å². The summed E-state index contributed by atoms with van der Waals surface area (Å²) in [5, 5.41) is 2.92. The molecule has 0 bridgehead atoms. The maximum atomic E-state index is 11.9. The minimum absolute atomic E-state index is 0. The summed E-state index contributed by atoms with van der Waals surface area (Å²) in [5.74, 6) is -1.11. The van der Waals surface area contributed by atoms with Gasteiger partial charge < -0.3 is 15.4 Å². The molecular weight excluding hydrogens is 297 g/mol. The molecule has 1 heterocycles. The van der Waals surface area contributed by atoms with Crippen LogP contribution in [0.3, 0.4) is 0 Å². The predicted molar refractivity (Wildman–Crippen MR) is 60.8 cm³/mol. The molecule has 6 nitrogen and oxygen atoms in total. The van der Waals surface area contributed by atoms with Crippen LogP contribution >= 0.6 is 0 Å². The number of likely N-dealkylation sites (N-methyl/N-ethyl adjacent to an activating group) is 1. The second-order valence-corrected chi connectivity index (χ2v) is 3.44. The molecule has 2 amide bonds. The Morgan fingerprint density at radius 2 is 2.29 bits per heavy atom. The first kappa shape index (κ1) is 16.4. The summed E-state index contributed by atoms with van der Waals surface area (Å²) in [6, 6.07) is 0. The minimum atomic E-state index is -0.798. The second-order valence-electron chi connectivity index (χ2n) is 3.44. The van der Waals surface area contributed by atoms with Crippen LogP contribution in [0.5, 0.6) is 0 Å². The summed E-state index contributed by atoms with van der Waals surface area (Å²) in [5.41, 5.74) is 7.58. The molecule has 1 atom stereocenters. The van der Waals surface area contributed by atoms with Crippen molar-refractivity contribution < 1.29 is 42.3 Å². The molecule has 7 heteroatoms. The van der Waals surface area contributed by atoms with Gasteiger partial charge in [0.2, 0.25) is 0 Å². The normalized spacial score (nSPS) is 19.4. The number of allylic oxidation sites excluding steroid dienone is 1. The first-order chi connectivity index (χ1) is 7.54. The monoisotopic (exact) mass is 312 g/mol. The van der Waals surface area contributed by atoms with Crippen LogP contribution in [0.25, 0.3) is 5.73 Å². The van der Waals surface area contributed by atoms with Crippen molar-refractivity contribution in [3.8, 4) is 0 Å². The Morgan fingerprint density at radius 1 is 1.65 bits per heavy atom. The van der Waals surface area contributed by atoms with Gasteiger partial charge in [-0.2, -0.15) is 0 Å². The van der Waals surface area contributed by atoms with Crippen molar-refractivity contribution in [2.45, 2.75) is 20.0 Å². The van der Waals surface area contributed by atoms with E-state index < -0.39 is 12.1 Å². The summed E-state index contributed by atoms with van der Waals surface area (Å²) in [6.45, 7) is 4.02. The van der Waals surface area contributed by atoms with Gasteiger partial charge >= 0.3 is 32.7 Å². The number of rotatable bonds is 4. The van der Waals surface area contributed by atoms with Crippen LogP contribution in [0, 0.1) is 0 Å². The van der Waals surface area contributed by atoms with Crippen molar-refractivity contribution in [2.75, 3.05) is 13.1 Å². The van der Waals surface area contributed by atoms with E-state index in [0.717, 1.165) is 0 Å². The third kappa shape index (κ3) is 5.06. The number of nitrogens with zero attached hydrogens (tertiary/aromatic N) is 2. The summed E-state index contributed by atoms with van der Waals surface area (Å²) < 4.78 is 0. The standard InChI is InChI=1S/C10H16N4O2.Y/c1-3-12-9-10(16)14(6-8(11)15)5-4-7(2)13-9;/h4-5,9,12H,3,6H2,1-2H3,(H2,11,15);/q;+3/p-1. The zero-order chi connectivity index (χ0) is 12.1. The van der Waals surface area contributed by atoms with E-state index in [0.29, 0.717) is 12.3 Å². The van der Waals surface area contributed by atoms with Crippen molar-refractivity contribution >= 4 is 17.5 Å². The third-order valence-corrected chi connectivity index (χ3v) is 2.06. The summed E-state index contributed by atoms with van der Waals surface area (Å²) in [6.07, 6.45) is 2.47. The van der Waals surface area contributed by atoms with Crippen molar-refractivity contribution in [2.24, 2.45) is 4.99 Å². The molecule has 0 saturated carbocycles. The van der Waals surface area contributed by atoms with Crippen LogP contribution in [0.1, 0.15) is 13.8 Å². The largest absolute Gasteiger partial charge is 3.00 e. The smallest absolute Gasteiger partial charge is 0.666 e. The average Bonchev–Trinajstić information content (AvgIpc) is 2.32. The zero-order valence-corrected chi connectivity index (χ0v) is 12.8. The van der Waals surface area contributed by atoms with Gasteiger partial charge in [-0.15, -0.1) is 0 Å². The molecule has 2 N–H and O–H groups in total. The molecule has 1 aliphatic heterocycles. The van der Waals surface area contributed by atoms with Gasteiger partial charge in [-0.05, 0) is 19.5 Å². The summed E-state index contributed by atoms with van der Waals surface area (Å²) in [4.78, 5) is 28.0. The van der Waals surface area contributed by atoms with Crippen LogP contribution in [0.2, 0.25) is 0 Å². The molecule has 0 aromatic heterocycles. The van der Waals surface area contributed by atoms with Crippen molar-refractivity contribution in [1.29, 1.82) is 0 Å². The molecule has 0 radical (unpaired) electrons. The van der Waals surface area contributed by atoms with Crippen LogP contribution in [-0.2, 0) is 42.3 Å². The van der Waals surface area contributed by atoms with E-state index in [1.807, 2.05) is 6.92 Å². The Labute approximate surface area is 126 Å². The number of hydrogen-bond donors (Lipinski definition) is 1. The Hall–Kier alpha value is -0.586. The molecule has 0 saturated heterocycles. The van der Waals surface area contributed by atoms with E-state index in [1.54, 1.807) is 13.0 Å². The molecule has 0 aromatic carbocycles. The molecule has 0 aliphatic carbocycles. The van der Waals surface area contributed by atoms with E-state index in [-0.39, 0.29) is 45.2 Å². The fourth-order valence-corrected chi connectivity index (χ4v) is 1.34. The van der Waals surface area contributed by atoms with E-state index in [9.17, 15) is 9.59 Å². The Kier molecular flexibility index (Phi) is 7.42. The van der Waals surface area contributed by atoms with Gasteiger partial charge in [0.15, 0.2) is 6.17 Å². The topological polar surface area (TPSA) is 85.6 Å². The quantitative estimate of drug-likeness (QED) is 0.811. The van der Waals surface area contributed by atoms with Gasteiger partial charge in [0.1, 0.15) is 0 Å². The zero-order valence-electron chi connectivity index (χ0n) is 9.93. The second kappa shape index (κ2) is 7.68. The maximum absolute atomic E-state index is 11.9. The molecule has 1 aliphatic rings. The third-order valence-electron chi connectivity index (χ3n) is 2.06. The van der Waals surface area contributed by atoms with Crippen molar-refractivity contribution in [3.63, 3.8) is 0 Å². The molecule has 0 aromatic rings. The van der Waals surface area contributed by atoms with Crippen LogP contribution in [0.4, 0.5) is 0 Å². The van der Waals surface area contributed by atoms with E-state index in [4.69, 9.17) is 5.73 Å². The van der Waals surface area contributed by atoms with E-state index in [2.05, 4.69) is 10.3 Å². The van der Waals surface area contributed by atoms with Crippen LogP contribution in [-0.4, -0.2) is 41.7 Å². The Bertz CT molecular complexity index is 354. The number of amides is 2. The molecule has 17 heavy (non-hydrogen) atoms. The van der Waals surface area contributed by atoms with E-state index >= 15 is 0 Å². The number of hydrogen-bond acceptors (Lipinski definition) is 4. The van der Waals surface area contributed by atoms with Crippen molar-refractivity contribution in [3.05, 3.63) is 18.0 Å². The van der Waals surface area contributed by atoms with Crippen LogP contribution in [0.15, 0.2) is 17.3 Å². The first-order valence-electron chi connectivity index (χ1n) is 5.05. The number of carbonyl (C=O) groups is 2. The fraction of sp³-hybridized carbons (Fsp3) is 0.500. The van der Waals surface area contributed by atoms with Gasteiger partial charge in [-0.25, -0.2) is 0 Å². The molecule has 1 unspecified atom stereocenters. The number of aliphatic imine (C=N–C) groups is 1. The Balaban J connectivity index is 0.00000256. The molecular formula is C10H15N4O2Y+2. The van der Waals surface area contributed by atoms with Crippen molar-refractivity contribution in [1.82, 2.24) is 10.2 Å². The van der Waals surface area contributed by atoms with Gasteiger partial charge in [0, 0.05) is 11.9 Å². The number of carbonyl (C=O) groups excluding carboxylic acids is 2. The summed E-state index contributed by atoms with van der Waals surface area (Å²) >= 11 is 0.